The van der Waals surface area contributed by atoms with Gasteiger partial charge in [0.2, 0.25) is 11.6 Å². The third-order valence-electron chi connectivity index (χ3n) is 5.10. The highest BCUT2D eigenvalue weighted by atomic mass is 32.2. The number of esters is 1. The number of nitrogens with one attached hydrogen (secondary N) is 1. The van der Waals surface area contributed by atoms with E-state index in [0.29, 0.717) is 11.5 Å². The molecule has 2 heterocycles. The lowest BCUT2D eigenvalue weighted by molar-refractivity contribution is -0.141. The van der Waals surface area contributed by atoms with E-state index in [4.69, 9.17) is 23.7 Å². The zero-order valence-corrected chi connectivity index (χ0v) is 22.5. The average Bonchev–Trinajstić information content (AvgIpc) is 2.96. The molecule has 4 aromatic rings. The summed E-state index contributed by atoms with van der Waals surface area (Å²) in [5.41, 5.74) is 0. The molecule has 0 unspecified atom stereocenters. The van der Waals surface area contributed by atoms with E-state index < -0.39 is 16.0 Å². The van der Waals surface area contributed by atoms with Gasteiger partial charge in [-0.2, -0.15) is 4.98 Å². The van der Waals surface area contributed by atoms with Gasteiger partial charge in [-0.25, -0.2) is 23.4 Å². The summed E-state index contributed by atoms with van der Waals surface area (Å²) in [5.74, 6) is 0.357. The molecular formula is C26H25N5O8S. The number of para-hydroxylation sites is 2. The molecule has 0 aliphatic carbocycles. The zero-order chi connectivity index (χ0) is 28.5. The molecule has 40 heavy (non-hydrogen) atoms. The Morgan fingerprint density at radius 2 is 1.55 bits per heavy atom. The number of rotatable bonds is 12. The van der Waals surface area contributed by atoms with Crippen molar-refractivity contribution in [2.24, 2.45) is 0 Å². The van der Waals surface area contributed by atoms with E-state index in [1.54, 1.807) is 30.3 Å². The van der Waals surface area contributed by atoms with Crippen LogP contribution in [0.5, 0.6) is 28.9 Å². The van der Waals surface area contributed by atoms with Crippen LogP contribution >= 0.6 is 0 Å². The zero-order valence-electron chi connectivity index (χ0n) is 21.7. The molecule has 1 N–H and O–H groups in total. The van der Waals surface area contributed by atoms with Gasteiger partial charge in [-0.15, -0.1) is 0 Å². The van der Waals surface area contributed by atoms with E-state index in [2.05, 4.69) is 24.7 Å². The van der Waals surface area contributed by atoms with E-state index in [9.17, 15) is 13.2 Å². The van der Waals surface area contributed by atoms with Crippen LogP contribution in [0.1, 0.15) is 6.92 Å². The number of hydrogen-bond donors (Lipinski definition) is 1. The van der Waals surface area contributed by atoms with E-state index in [1.807, 2.05) is 0 Å². The number of sulfonamides is 1. The van der Waals surface area contributed by atoms with Crippen LogP contribution in [0.2, 0.25) is 0 Å². The van der Waals surface area contributed by atoms with Crippen LogP contribution in [0, 0.1) is 0 Å². The predicted octanol–water partition coefficient (Wildman–Crippen LogP) is 3.49. The van der Waals surface area contributed by atoms with Crippen molar-refractivity contribution < 1.29 is 36.9 Å². The van der Waals surface area contributed by atoms with Crippen molar-refractivity contribution in [3.05, 3.63) is 67.0 Å². The fraction of sp³-hybridized carbons (Fsp3) is 0.192. The highest BCUT2D eigenvalue weighted by Gasteiger charge is 2.25. The average molecular weight is 568 g/mol. The van der Waals surface area contributed by atoms with E-state index in [-0.39, 0.29) is 53.0 Å². The smallest absolute Gasteiger partial charge is 0.302 e. The molecule has 4 rings (SSSR count). The summed E-state index contributed by atoms with van der Waals surface area (Å²) in [7, 11) is -1.37. The first-order valence-electron chi connectivity index (χ1n) is 11.7. The van der Waals surface area contributed by atoms with Gasteiger partial charge in [0.15, 0.2) is 23.1 Å². The number of ether oxygens (including phenoxy) is 5. The summed E-state index contributed by atoms with van der Waals surface area (Å²) in [6, 6.07) is 14.0. The van der Waals surface area contributed by atoms with Gasteiger partial charge in [-0.3, -0.25) is 9.52 Å². The first kappa shape index (κ1) is 28.0. The number of carbonyl (C=O) groups excluding carboxylic acids is 1. The lowest BCUT2D eigenvalue weighted by Crippen LogP contribution is -2.16. The number of hydrogen-bond acceptors (Lipinski definition) is 12. The lowest BCUT2D eigenvalue weighted by atomic mass is 10.3. The minimum absolute atomic E-state index is 0.000876. The standard InChI is InChI=1S/C26H25N5O8S/c1-17(32)37-15-16-38-18-9-11-19(12-10-18)40(33,34)31-23-22(39-21-8-5-4-7-20(21)35-2)26(36-3)30-25(29-23)24-27-13-6-14-28-24/h4-14H,15-16H2,1-3H3,(H,29,30,31). The number of anilines is 1. The molecule has 0 spiro atoms. The van der Waals surface area contributed by atoms with Crippen LogP contribution in [-0.4, -0.2) is 61.8 Å². The first-order chi connectivity index (χ1) is 19.3. The largest absolute Gasteiger partial charge is 0.493 e. The molecule has 0 amide bonds. The molecule has 2 aromatic heterocycles. The van der Waals surface area contributed by atoms with Gasteiger partial charge >= 0.3 is 5.97 Å². The van der Waals surface area contributed by atoms with Gasteiger partial charge in [-0.1, -0.05) is 12.1 Å². The maximum absolute atomic E-state index is 13.4. The Bertz CT molecular complexity index is 1570. The maximum atomic E-state index is 13.4. The monoisotopic (exact) mass is 567 g/mol. The molecule has 0 saturated heterocycles. The molecule has 0 bridgehead atoms. The maximum Gasteiger partial charge on any atom is 0.302 e. The fourth-order valence-corrected chi connectivity index (χ4v) is 4.31. The molecule has 13 nitrogen and oxygen atoms in total. The van der Waals surface area contributed by atoms with E-state index in [0.717, 1.165) is 0 Å². The van der Waals surface area contributed by atoms with Crippen molar-refractivity contribution in [2.45, 2.75) is 11.8 Å². The topological polar surface area (TPSA) is 161 Å². The normalized spacial score (nSPS) is 10.9. The highest BCUT2D eigenvalue weighted by Crippen LogP contribution is 2.41. The Hall–Kier alpha value is -4.98. The quantitative estimate of drug-likeness (QED) is 0.196. The van der Waals surface area contributed by atoms with Gasteiger partial charge in [0.05, 0.1) is 19.1 Å². The number of nitrogens with zero attached hydrogens (tertiary/aromatic N) is 4. The summed E-state index contributed by atoms with van der Waals surface area (Å²) in [6.45, 7) is 1.47. The van der Waals surface area contributed by atoms with Crippen molar-refractivity contribution >= 4 is 21.8 Å². The Balaban J connectivity index is 1.69. The second-order valence-corrected chi connectivity index (χ2v) is 9.51. The van der Waals surface area contributed by atoms with Crippen LogP contribution in [-0.2, 0) is 19.6 Å². The molecule has 0 saturated carbocycles. The van der Waals surface area contributed by atoms with Crippen molar-refractivity contribution in [3.63, 3.8) is 0 Å². The number of carbonyl (C=O) groups is 1. The van der Waals surface area contributed by atoms with Crippen LogP contribution in [0.4, 0.5) is 5.82 Å². The molecule has 0 radical (unpaired) electrons. The molecule has 0 atom stereocenters. The number of methoxy groups -OCH3 is 2. The molecule has 0 fully saturated rings. The Morgan fingerprint density at radius 3 is 2.20 bits per heavy atom. The van der Waals surface area contributed by atoms with Gasteiger partial charge in [0, 0.05) is 19.3 Å². The summed E-state index contributed by atoms with van der Waals surface area (Å²) < 4.78 is 56.3. The Labute approximate surface area is 230 Å². The van der Waals surface area contributed by atoms with Crippen molar-refractivity contribution in [2.75, 3.05) is 32.2 Å². The number of aromatic nitrogens is 4. The molecule has 14 heteroatoms. The molecule has 0 aliphatic rings. The van der Waals surface area contributed by atoms with Crippen LogP contribution in [0.25, 0.3) is 11.6 Å². The lowest BCUT2D eigenvalue weighted by Gasteiger charge is -2.17. The fourth-order valence-electron chi connectivity index (χ4n) is 3.30. The van der Waals surface area contributed by atoms with E-state index in [1.165, 1.54) is 57.8 Å². The summed E-state index contributed by atoms with van der Waals surface area (Å²) in [5, 5.41) is 0. The molecule has 2 aromatic carbocycles. The summed E-state index contributed by atoms with van der Waals surface area (Å²) >= 11 is 0. The minimum Gasteiger partial charge on any atom is -0.493 e. The van der Waals surface area contributed by atoms with Crippen molar-refractivity contribution in [1.82, 2.24) is 19.9 Å². The SMILES string of the molecule is COc1ccccc1Oc1c(NS(=O)(=O)c2ccc(OCCOC(C)=O)cc2)nc(-c2ncccn2)nc1OC. The Kier molecular flexibility index (Phi) is 8.91. The molecule has 208 valence electrons. The van der Waals surface area contributed by atoms with Gasteiger partial charge in [0.25, 0.3) is 15.9 Å². The van der Waals surface area contributed by atoms with Crippen LogP contribution < -0.4 is 23.7 Å². The number of benzene rings is 2. The van der Waals surface area contributed by atoms with Crippen molar-refractivity contribution in [3.8, 4) is 40.5 Å². The minimum atomic E-state index is -4.19. The second kappa shape index (κ2) is 12.7. The molecular weight excluding hydrogens is 542 g/mol. The van der Waals surface area contributed by atoms with Gasteiger partial charge in [0.1, 0.15) is 19.0 Å². The van der Waals surface area contributed by atoms with Crippen LogP contribution in [0.3, 0.4) is 0 Å². The Morgan fingerprint density at radius 1 is 0.850 bits per heavy atom. The molecule has 0 aliphatic heterocycles. The second-order valence-electron chi connectivity index (χ2n) is 7.82. The summed E-state index contributed by atoms with van der Waals surface area (Å²) in [4.78, 5) is 27.7. The first-order valence-corrected chi connectivity index (χ1v) is 13.2. The van der Waals surface area contributed by atoms with Gasteiger partial charge < -0.3 is 23.7 Å². The predicted molar refractivity (Wildman–Crippen MR) is 142 cm³/mol. The van der Waals surface area contributed by atoms with Crippen molar-refractivity contribution in [1.29, 1.82) is 0 Å². The van der Waals surface area contributed by atoms with E-state index >= 15 is 0 Å². The summed E-state index contributed by atoms with van der Waals surface area (Å²) in [6.07, 6.45) is 2.99. The third-order valence-corrected chi connectivity index (χ3v) is 6.45. The van der Waals surface area contributed by atoms with Gasteiger partial charge in [-0.05, 0) is 42.5 Å². The van der Waals surface area contributed by atoms with Crippen LogP contribution in [0.15, 0.2) is 71.9 Å². The highest BCUT2D eigenvalue weighted by molar-refractivity contribution is 7.92. The third kappa shape index (κ3) is 6.91.